The van der Waals surface area contributed by atoms with E-state index < -0.39 is 0 Å². The summed E-state index contributed by atoms with van der Waals surface area (Å²) in [4.78, 5) is 0. The SMILES string of the molecule is C=CC([PH3+])c1ccccc1.[Cl-]. The van der Waals surface area contributed by atoms with Crippen LogP contribution in [-0.2, 0) is 0 Å². The molecule has 0 radical (unpaired) electrons. The number of allylic oxidation sites excluding steroid dienone is 1. The Balaban J connectivity index is 0.000001000. The molecule has 2 heteroatoms. The molecular formula is C9H12ClP. The molecule has 0 aliphatic carbocycles. The molecule has 0 fully saturated rings. The minimum atomic E-state index is 0. The first-order valence-corrected chi connectivity index (χ1v) is 4.17. The lowest BCUT2D eigenvalue weighted by atomic mass is 10.1. The highest BCUT2D eigenvalue weighted by Crippen LogP contribution is 2.22. The van der Waals surface area contributed by atoms with Gasteiger partial charge in [-0.3, -0.25) is 0 Å². The summed E-state index contributed by atoms with van der Waals surface area (Å²) in [5, 5.41) is 0. The maximum Gasteiger partial charge on any atom is 0.105 e. The summed E-state index contributed by atoms with van der Waals surface area (Å²) in [7, 11) is 1.94. The zero-order chi connectivity index (χ0) is 7.40. The Morgan fingerprint density at radius 2 is 1.82 bits per heavy atom. The summed E-state index contributed by atoms with van der Waals surface area (Å²) >= 11 is 0. The molecule has 60 valence electrons. The molecule has 0 aliphatic rings. The van der Waals surface area contributed by atoms with Gasteiger partial charge in [-0.15, -0.1) is 0 Å². The summed E-state index contributed by atoms with van der Waals surface area (Å²) in [6.45, 7) is 3.74. The molecule has 0 saturated heterocycles. The molecule has 0 heterocycles. The van der Waals surface area contributed by atoms with Gasteiger partial charge in [-0.05, 0) is 20.9 Å². The molecule has 0 bridgehead atoms. The van der Waals surface area contributed by atoms with Crippen molar-refractivity contribution in [2.45, 2.75) is 5.66 Å². The molecule has 0 amide bonds. The summed E-state index contributed by atoms with van der Waals surface area (Å²) < 4.78 is 0. The van der Waals surface area contributed by atoms with Crippen LogP contribution < -0.4 is 12.4 Å². The molecule has 1 rings (SSSR count). The Hall–Kier alpha value is -0.320. The van der Waals surface area contributed by atoms with Crippen molar-refractivity contribution < 1.29 is 12.4 Å². The largest absolute Gasteiger partial charge is 1.00 e. The van der Waals surface area contributed by atoms with Crippen molar-refractivity contribution in [1.82, 2.24) is 0 Å². The number of rotatable bonds is 2. The fourth-order valence-electron chi connectivity index (χ4n) is 0.836. The van der Waals surface area contributed by atoms with Crippen LogP contribution in [0.25, 0.3) is 0 Å². The third-order valence-electron chi connectivity index (χ3n) is 1.51. The minimum Gasteiger partial charge on any atom is -1.00 e. The van der Waals surface area contributed by atoms with Gasteiger partial charge >= 0.3 is 0 Å². The second kappa shape index (κ2) is 5.35. The molecule has 0 N–H and O–H groups in total. The van der Waals surface area contributed by atoms with E-state index in [0.29, 0.717) is 5.66 Å². The van der Waals surface area contributed by atoms with Crippen molar-refractivity contribution in [3.05, 3.63) is 48.6 Å². The quantitative estimate of drug-likeness (QED) is 0.433. The van der Waals surface area contributed by atoms with Crippen LogP contribution >= 0.6 is 9.24 Å². The van der Waals surface area contributed by atoms with Gasteiger partial charge in [0.15, 0.2) is 0 Å². The molecule has 1 aromatic rings. The monoisotopic (exact) mass is 186 g/mol. The molecule has 0 aromatic heterocycles. The average molecular weight is 187 g/mol. The summed E-state index contributed by atoms with van der Waals surface area (Å²) in [6.07, 6.45) is 1.97. The van der Waals surface area contributed by atoms with E-state index in [1.54, 1.807) is 0 Å². The molecular weight excluding hydrogens is 175 g/mol. The minimum absolute atomic E-state index is 0. The molecule has 0 aliphatic heterocycles. The van der Waals surface area contributed by atoms with Crippen LogP contribution in [0.15, 0.2) is 43.0 Å². The normalized spacial score (nSPS) is 11.6. The van der Waals surface area contributed by atoms with Crippen LogP contribution in [0.1, 0.15) is 11.2 Å². The van der Waals surface area contributed by atoms with Crippen LogP contribution in [0.5, 0.6) is 0 Å². The third kappa shape index (κ3) is 3.05. The predicted octanol–water partition coefficient (Wildman–Crippen LogP) is -0.475. The highest BCUT2D eigenvalue weighted by molar-refractivity contribution is 7.17. The zero-order valence-corrected chi connectivity index (χ0v) is 8.50. The van der Waals surface area contributed by atoms with Crippen molar-refractivity contribution in [2.24, 2.45) is 0 Å². The fourth-order valence-corrected chi connectivity index (χ4v) is 1.11. The first-order chi connectivity index (χ1) is 4.84. The van der Waals surface area contributed by atoms with Crippen molar-refractivity contribution in [2.75, 3.05) is 0 Å². The van der Waals surface area contributed by atoms with E-state index in [1.165, 1.54) is 5.56 Å². The van der Waals surface area contributed by atoms with Gasteiger partial charge in [0, 0.05) is 0 Å². The van der Waals surface area contributed by atoms with Crippen LogP contribution in [0.4, 0.5) is 0 Å². The lowest BCUT2D eigenvalue weighted by Crippen LogP contribution is -3.00. The smallest absolute Gasteiger partial charge is 0.105 e. The number of hydrogen-bond acceptors (Lipinski definition) is 0. The van der Waals surface area contributed by atoms with E-state index in [1.807, 2.05) is 21.4 Å². The number of hydrogen-bond donors (Lipinski definition) is 0. The van der Waals surface area contributed by atoms with Gasteiger partial charge in [-0.1, -0.05) is 36.9 Å². The van der Waals surface area contributed by atoms with Gasteiger partial charge in [0.25, 0.3) is 0 Å². The van der Waals surface area contributed by atoms with Crippen molar-refractivity contribution >= 4 is 9.24 Å². The van der Waals surface area contributed by atoms with Crippen LogP contribution in [0.2, 0.25) is 0 Å². The number of halogens is 1. The summed E-state index contributed by atoms with van der Waals surface area (Å²) in [5.74, 6) is 0. The topological polar surface area (TPSA) is 0 Å². The predicted molar refractivity (Wildman–Crippen MR) is 50.5 cm³/mol. The fraction of sp³-hybridized carbons (Fsp3) is 0.111. The Morgan fingerprint density at radius 1 is 1.27 bits per heavy atom. The number of benzene rings is 1. The van der Waals surface area contributed by atoms with E-state index in [0.717, 1.165) is 0 Å². The van der Waals surface area contributed by atoms with E-state index in [-0.39, 0.29) is 12.4 Å². The first kappa shape index (κ1) is 10.7. The van der Waals surface area contributed by atoms with Gasteiger partial charge in [-0.2, -0.15) is 0 Å². The van der Waals surface area contributed by atoms with Crippen LogP contribution in [-0.4, -0.2) is 0 Å². The van der Waals surface area contributed by atoms with Crippen molar-refractivity contribution in [3.63, 3.8) is 0 Å². The second-order valence-corrected chi connectivity index (χ2v) is 3.13. The van der Waals surface area contributed by atoms with Gasteiger partial charge < -0.3 is 12.4 Å². The van der Waals surface area contributed by atoms with E-state index in [9.17, 15) is 0 Å². The van der Waals surface area contributed by atoms with Crippen LogP contribution in [0, 0.1) is 0 Å². The van der Waals surface area contributed by atoms with Crippen molar-refractivity contribution in [1.29, 1.82) is 0 Å². The maximum atomic E-state index is 3.74. The molecule has 0 spiro atoms. The van der Waals surface area contributed by atoms with E-state index >= 15 is 0 Å². The molecule has 1 aromatic carbocycles. The van der Waals surface area contributed by atoms with Crippen molar-refractivity contribution in [3.8, 4) is 0 Å². The maximum absolute atomic E-state index is 3.74. The molecule has 11 heavy (non-hydrogen) atoms. The summed E-state index contributed by atoms with van der Waals surface area (Å²) in [5.41, 5.74) is 1.84. The average Bonchev–Trinajstić information content (AvgIpc) is 2.05. The molecule has 2 unspecified atom stereocenters. The lowest BCUT2D eigenvalue weighted by Gasteiger charge is -1.98. The Kier molecular flexibility index (Phi) is 5.19. The standard InChI is InChI=1S/C9H11P.ClH/c1-2-9(10)8-6-4-3-5-7-8;/h2-7,9H,1,10H2;1H. The van der Waals surface area contributed by atoms with Gasteiger partial charge in [-0.25, -0.2) is 0 Å². The van der Waals surface area contributed by atoms with Gasteiger partial charge in [0.2, 0.25) is 0 Å². The summed E-state index contributed by atoms with van der Waals surface area (Å²) in [6, 6.07) is 10.4. The molecule has 0 saturated carbocycles. The highest BCUT2D eigenvalue weighted by atomic mass is 35.5. The third-order valence-corrected chi connectivity index (χ3v) is 2.32. The van der Waals surface area contributed by atoms with E-state index in [2.05, 4.69) is 30.8 Å². The van der Waals surface area contributed by atoms with E-state index in [4.69, 9.17) is 0 Å². The Labute approximate surface area is 76.3 Å². The second-order valence-electron chi connectivity index (χ2n) is 2.25. The lowest BCUT2D eigenvalue weighted by molar-refractivity contribution is -0.00000191. The molecule has 2 atom stereocenters. The Morgan fingerprint density at radius 3 is 2.27 bits per heavy atom. The van der Waals surface area contributed by atoms with Gasteiger partial charge in [0.05, 0.1) is 0 Å². The molecule has 0 nitrogen and oxygen atoms in total. The van der Waals surface area contributed by atoms with Gasteiger partial charge in [0.1, 0.15) is 5.66 Å². The first-order valence-electron chi connectivity index (χ1n) is 3.35. The Bertz CT molecular complexity index is 208. The zero-order valence-electron chi connectivity index (χ0n) is 6.33. The highest BCUT2D eigenvalue weighted by Gasteiger charge is 2.01. The van der Waals surface area contributed by atoms with Crippen LogP contribution in [0.3, 0.4) is 0 Å².